The van der Waals surface area contributed by atoms with E-state index in [0.717, 1.165) is 13.0 Å². The van der Waals surface area contributed by atoms with Crippen LogP contribution in [0.4, 0.5) is 0 Å². The van der Waals surface area contributed by atoms with Gasteiger partial charge in [-0.2, -0.15) is 0 Å². The fourth-order valence-corrected chi connectivity index (χ4v) is 2.96. The zero-order valence-electron chi connectivity index (χ0n) is 8.35. The molecule has 1 saturated heterocycles. The van der Waals surface area contributed by atoms with Crippen LogP contribution in [-0.4, -0.2) is 12.5 Å². The average Bonchev–Trinajstić information content (AvgIpc) is 2.32. The van der Waals surface area contributed by atoms with Crippen LogP contribution in [-0.2, 0) is 4.79 Å². The first kappa shape index (κ1) is 9.20. The van der Waals surface area contributed by atoms with Crippen LogP contribution >= 0.6 is 0 Å². The molecule has 0 radical (unpaired) electrons. The Bertz CT molecular complexity index is 194. The van der Waals surface area contributed by atoms with E-state index < -0.39 is 0 Å². The highest BCUT2D eigenvalue weighted by Gasteiger charge is 2.35. The van der Waals surface area contributed by atoms with E-state index in [1.54, 1.807) is 0 Å². The number of carbonyl (C=O) groups excluding carboxylic acids is 1. The SMILES string of the molecule is O=C1CCC2(CCCCC2)CC[NH2+]1. The summed E-state index contributed by atoms with van der Waals surface area (Å²) < 4.78 is 0. The maximum Gasteiger partial charge on any atom is 0.310 e. The maximum absolute atomic E-state index is 11.3. The van der Waals surface area contributed by atoms with Gasteiger partial charge in [0.05, 0.1) is 13.0 Å². The summed E-state index contributed by atoms with van der Waals surface area (Å²) in [4.78, 5) is 11.3. The third kappa shape index (κ3) is 2.11. The second-order valence-corrected chi connectivity index (χ2v) is 4.77. The molecule has 0 aromatic rings. The topological polar surface area (TPSA) is 33.7 Å². The van der Waals surface area contributed by atoms with Crippen molar-refractivity contribution in [2.45, 2.75) is 51.4 Å². The van der Waals surface area contributed by atoms with Gasteiger partial charge >= 0.3 is 5.91 Å². The molecule has 2 aliphatic rings. The number of carbonyl (C=O) groups is 1. The van der Waals surface area contributed by atoms with Crippen molar-refractivity contribution >= 4 is 5.91 Å². The molecule has 1 aliphatic carbocycles. The van der Waals surface area contributed by atoms with Crippen LogP contribution in [0.3, 0.4) is 0 Å². The second-order valence-electron chi connectivity index (χ2n) is 4.77. The highest BCUT2D eigenvalue weighted by Crippen LogP contribution is 2.42. The molecule has 0 unspecified atom stereocenters. The molecule has 1 aliphatic heterocycles. The molecule has 1 saturated carbocycles. The number of rotatable bonds is 0. The number of hydrogen-bond donors (Lipinski definition) is 1. The normalized spacial score (nSPS) is 28.8. The van der Waals surface area contributed by atoms with E-state index in [4.69, 9.17) is 0 Å². The molecule has 0 atom stereocenters. The maximum atomic E-state index is 11.3. The Morgan fingerprint density at radius 3 is 2.54 bits per heavy atom. The summed E-state index contributed by atoms with van der Waals surface area (Å²) in [5, 5.41) is 1.92. The van der Waals surface area contributed by atoms with Gasteiger partial charge in [0.1, 0.15) is 0 Å². The summed E-state index contributed by atoms with van der Waals surface area (Å²) in [5.74, 6) is 0.391. The molecule has 2 nitrogen and oxygen atoms in total. The molecule has 1 amide bonds. The molecule has 0 aromatic heterocycles. The summed E-state index contributed by atoms with van der Waals surface area (Å²) in [6.45, 7) is 1.04. The van der Waals surface area contributed by atoms with Crippen molar-refractivity contribution in [3.05, 3.63) is 0 Å². The van der Waals surface area contributed by atoms with Crippen LogP contribution in [0.5, 0.6) is 0 Å². The van der Waals surface area contributed by atoms with Gasteiger partial charge in [-0.3, -0.25) is 5.32 Å². The van der Waals surface area contributed by atoms with Gasteiger partial charge in [0.25, 0.3) is 0 Å². The molecule has 1 heterocycles. The van der Waals surface area contributed by atoms with E-state index in [9.17, 15) is 4.79 Å². The first-order valence-electron chi connectivity index (χ1n) is 5.67. The van der Waals surface area contributed by atoms with Crippen molar-refractivity contribution in [1.82, 2.24) is 0 Å². The molecular weight excluding hydrogens is 162 g/mol. The van der Waals surface area contributed by atoms with Gasteiger partial charge in [-0.1, -0.05) is 19.3 Å². The monoisotopic (exact) mass is 182 g/mol. The molecule has 13 heavy (non-hydrogen) atoms. The predicted molar refractivity (Wildman–Crippen MR) is 51.2 cm³/mol. The standard InChI is InChI=1S/C11H19NO/c13-10-4-7-11(8-9-12-10)5-2-1-3-6-11/h1-9H2,(H,12,13)/p+1. The van der Waals surface area contributed by atoms with Crippen LogP contribution in [0.25, 0.3) is 0 Å². The third-order valence-electron chi connectivity index (χ3n) is 3.86. The second kappa shape index (κ2) is 3.79. The Morgan fingerprint density at radius 2 is 1.77 bits per heavy atom. The van der Waals surface area contributed by atoms with Crippen molar-refractivity contribution in [3.8, 4) is 0 Å². The van der Waals surface area contributed by atoms with E-state index in [-0.39, 0.29) is 0 Å². The average molecular weight is 182 g/mol. The molecule has 2 rings (SSSR count). The fourth-order valence-electron chi connectivity index (χ4n) is 2.96. The van der Waals surface area contributed by atoms with E-state index in [0.29, 0.717) is 11.3 Å². The number of nitrogens with two attached hydrogens (primary N) is 1. The lowest BCUT2D eigenvalue weighted by molar-refractivity contribution is -0.568. The number of amides is 1. The van der Waals surface area contributed by atoms with Crippen molar-refractivity contribution in [2.75, 3.05) is 6.54 Å². The van der Waals surface area contributed by atoms with Crippen molar-refractivity contribution in [2.24, 2.45) is 5.41 Å². The molecule has 2 N–H and O–H groups in total. The summed E-state index contributed by atoms with van der Waals surface area (Å²) in [7, 11) is 0. The van der Waals surface area contributed by atoms with Gasteiger partial charge in [0.2, 0.25) is 0 Å². The summed E-state index contributed by atoms with van der Waals surface area (Å²) in [6.07, 6.45) is 10.2. The van der Waals surface area contributed by atoms with E-state index in [2.05, 4.69) is 0 Å². The Kier molecular flexibility index (Phi) is 2.68. The minimum Gasteiger partial charge on any atom is -0.283 e. The predicted octanol–water partition coefficient (Wildman–Crippen LogP) is 1.21. The number of quaternary nitrogens is 1. The van der Waals surface area contributed by atoms with Gasteiger partial charge in [-0.15, -0.1) is 0 Å². The van der Waals surface area contributed by atoms with Crippen LogP contribution in [0.1, 0.15) is 51.4 Å². The Hall–Kier alpha value is -0.370. The van der Waals surface area contributed by atoms with Gasteiger partial charge < -0.3 is 0 Å². The third-order valence-corrected chi connectivity index (χ3v) is 3.86. The summed E-state index contributed by atoms with van der Waals surface area (Å²) in [6, 6.07) is 0. The molecule has 74 valence electrons. The van der Waals surface area contributed by atoms with Crippen molar-refractivity contribution < 1.29 is 10.1 Å². The summed E-state index contributed by atoms with van der Waals surface area (Å²) in [5.41, 5.74) is 0.570. The smallest absolute Gasteiger partial charge is 0.283 e. The minimum absolute atomic E-state index is 0.391. The summed E-state index contributed by atoms with van der Waals surface area (Å²) >= 11 is 0. The lowest BCUT2D eigenvalue weighted by atomic mass is 9.69. The van der Waals surface area contributed by atoms with Crippen LogP contribution in [0, 0.1) is 5.41 Å². The Morgan fingerprint density at radius 1 is 1.00 bits per heavy atom. The zero-order valence-corrected chi connectivity index (χ0v) is 8.35. The van der Waals surface area contributed by atoms with Gasteiger partial charge in [-0.05, 0) is 24.7 Å². The van der Waals surface area contributed by atoms with E-state index in [1.165, 1.54) is 44.9 Å². The van der Waals surface area contributed by atoms with Crippen molar-refractivity contribution in [3.63, 3.8) is 0 Å². The van der Waals surface area contributed by atoms with Crippen LogP contribution in [0.2, 0.25) is 0 Å². The number of hydrogen-bond acceptors (Lipinski definition) is 1. The fraction of sp³-hybridized carbons (Fsp3) is 0.909. The molecule has 1 spiro atoms. The van der Waals surface area contributed by atoms with E-state index in [1.807, 2.05) is 5.32 Å². The van der Waals surface area contributed by atoms with Crippen molar-refractivity contribution in [1.29, 1.82) is 0 Å². The largest absolute Gasteiger partial charge is 0.310 e. The highest BCUT2D eigenvalue weighted by molar-refractivity contribution is 5.65. The quantitative estimate of drug-likeness (QED) is 0.600. The first-order valence-corrected chi connectivity index (χ1v) is 5.67. The molecule has 0 bridgehead atoms. The van der Waals surface area contributed by atoms with Gasteiger partial charge in [-0.25, -0.2) is 4.79 Å². The van der Waals surface area contributed by atoms with Gasteiger partial charge in [0.15, 0.2) is 0 Å². The first-order chi connectivity index (χ1) is 6.31. The lowest BCUT2D eigenvalue weighted by Gasteiger charge is -2.35. The van der Waals surface area contributed by atoms with Crippen LogP contribution < -0.4 is 5.32 Å². The zero-order chi connectivity index (χ0) is 9.15. The lowest BCUT2D eigenvalue weighted by Crippen LogP contribution is -2.87. The molecular formula is C11H20NO+. The number of primary amides is 1. The van der Waals surface area contributed by atoms with E-state index >= 15 is 0 Å². The molecule has 2 fully saturated rings. The Balaban J connectivity index is 1.99. The Labute approximate surface area is 80.1 Å². The van der Waals surface area contributed by atoms with Gasteiger partial charge in [0, 0.05) is 6.42 Å². The molecule has 0 aromatic carbocycles. The minimum atomic E-state index is 0.391. The van der Waals surface area contributed by atoms with Crippen LogP contribution in [0.15, 0.2) is 0 Å². The highest BCUT2D eigenvalue weighted by atomic mass is 16.1. The molecule has 2 heteroatoms.